The number of fused-ring (bicyclic) bond motifs is 40. The first-order valence-electron chi connectivity index (χ1n) is 52.9. The molecule has 8 aromatic heterocycles. The van der Waals surface area contributed by atoms with Crippen LogP contribution in [0.4, 0.5) is 0 Å². The van der Waals surface area contributed by atoms with E-state index in [0.29, 0.717) is 94.7 Å². The molecule has 16 aromatic rings. The minimum atomic E-state index is -2.46. The van der Waals surface area contributed by atoms with E-state index in [1.165, 1.54) is 131 Å². The molecule has 0 N–H and O–H groups in total. The smallest absolute Gasteiger partial charge is 0.139 e. The monoisotopic (exact) mass is 2020 g/mol. The predicted octanol–water partition coefficient (Wildman–Crippen LogP) is 36.6. The van der Waals surface area contributed by atoms with E-state index >= 15 is 0 Å². The summed E-state index contributed by atoms with van der Waals surface area (Å²) in [6.45, 7) is 74.8. The lowest BCUT2D eigenvalue weighted by molar-refractivity contribution is 0.765. The lowest BCUT2D eigenvalue weighted by Gasteiger charge is -2.32. The molecule has 8 aromatic carbocycles. The molecular weight excluding hydrogens is 1870 g/mol. The van der Waals surface area contributed by atoms with E-state index in [1.54, 1.807) is 122 Å². The van der Waals surface area contributed by atoms with Crippen molar-refractivity contribution in [1.29, 1.82) is 0 Å². The second-order valence-corrected chi connectivity index (χ2v) is 63.0. The topological polar surface area (TPSA) is 0 Å². The van der Waals surface area contributed by atoms with Crippen LogP contribution in [0.25, 0.3) is 83.5 Å². The molecule has 0 radical (unpaired) electrons. The molecule has 0 saturated heterocycles. The van der Waals surface area contributed by atoms with Gasteiger partial charge in [0.25, 0.3) is 0 Å². The lowest BCUT2D eigenvalue weighted by atomic mass is 9.69. The van der Waals surface area contributed by atoms with E-state index in [9.17, 15) is 0 Å². The highest BCUT2D eigenvalue weighted by atomic mass is 32.1. The first-order chi connectivity index (χ1) is 66.6. The fourth-order valence-corrected chi connectivity index (χ4v) is 48.2. The molecule has 4 aliphatic heterocycles. The second kappa shape index (κ2) is 35.9. The number of hydrogen-bond donors (Lipinski definition) is 0. The largest absolute Gasteiger partial charge is 0.185 e. The Hall–Kier alpha value is -8.21. The van der Waals surface area contributed by atoms with E-state index in [0.717, 1.165) is 0 Å². The minimum Gasteiger partial charge on any atom is -0.139 e. The van der Waals surface area contributed by atoms with Crippen LogP contribution in [0, 0.1) is 0 Å². The summed E-state index contributed by atoms with van der Waals surface area (Å²) in [6.07, 6.45) is 0. The molecular formula is C130H144S8Si2. The van der Waals surface area contributed by atoms with Crippen molar-refractivity contribution in [1.82, 2.24) is 0 Å². The van der Waals surface area contributed by atoms with Gasteiger partial charge in [-0.25, -0.2) is 0 Å². The van der Waals surface area contributed by atoms with Crippen LogP contribution in [-0.2, 0) is 10.8 Å². The van der Waals surface area contributed by atoms with E-state index in [2.05, 4.69) is 506 Å². The highest BCUT2D eigenvalue weighted by Crippen LogP contribution is 2.71. The van der Waals surface area contributed by atoms with Gasteiger partial charge in [-0.05, 0) is 318 Å². The standard InChI is InChI=1S/C37H40.C36H40Si.C29H32S4.C28H32S4Si/c2*1-21(2)25-9-13-29-30-14-10-26(22(3)4)18-34(30)37(33(29)17-25)35-19-27(23(5)6)11-15-31(35)32-16-12-28(24(7)8)20-36(32)37;1-13(2)21-9-17-25(30-21)26-18(10-22(31-26)14(3)4)29(17)19-11-23(15(5)6)32-27(19)28-20(29)12-24(33-28)16(7)8;1-13(2)17-9-21-25(29-17)26-22(10-18(30-26)14(3)4)33(21)23-11-19(15(5)6)31-27(23)28-24(33)12-20(32-28)16(7)8/h2*9-24H,1-8H3;2*9-16H,1-8H3. The predicted molar refractivity (Wildman–Crippen MR) is 630 cm³/mol. The maximum Gasteiger partial charge on any atom is 0.185 e. The fraction of sp³-hybridized carbons (Fsp3) is 0.385. The molecule has 0 atom stereocenters. The summed E-state index contributed by atoms with van der Waals surface area (Å²) in [7, 11) is -4.67. The number of thiophene rings is 8. The molecule has 0 nitrogen and oxygen atoms in total. The number of benzene rings is 8. The summed E-state index contributed by atoms with van der Waals surface area (Å²) < 4.78 is 0. The first kappa shape index (κ1) is 97.9. The number of rotatable bonds is 16. The normalized spacial score (nSPS) is 15.0. The zero-order valence-corrected chi connectivity index (χ0v) is 97.5. The van der Waals surface area contributed by atoms with Crippen LogP contribution in [0.5, 0.6) is 0 Å². The van der Waals surface area contributed by atoms with Crippen molar-refractivity contribution in [2.24, 2.45) is 0 Å². The van der Waals surface area contributed by atoms with Crippen LogP contribution in [-0.4, -0.2) is 16.1 Å². The molecule has 8 aliphatic rings. The van der Waals surface area contributed by atoms with Gasteiger partial charge in [0, 0.05) is 78.0 Å². The van der Waals surface area contributed by atoms with Gasteiger partial charge in [-0.2, -0.15) is 0 Å². The van der Waals surface area contributed by atoms with Gasteiger partial charge < -0.3 is 0 Å². The van der Waals surface area contributed by atoms with E-state index in [1.807, 2.05) is 0 Å². The third-order valence-corrected chi connectivity index (χ3v) is 55.3. The Morgan fingerprint density at radius 2 is 0.293 bits per heavy atom. The molecule has 0 saturated carbocycles. The van der Waals surface area contributed by atoms with Gasteiger partial charge in [-0.1, -0.05) is 367 Å². The van der Waals surface area contributed by atoms with Gasteiger partial charge in [0.05, 0.1) is 10.8 Å². The third-order valence-electron chi connectivity index (χ3n) is 32.7. The molecule has 4 spiro atoms. The van der Waals surface area contributed by atoms with E-state index in [-0.39, 0.29) is 10.8 Å². The fourth-order valence-electron chi connectivity index (χ4n) is 24.3. The summed E-state index contributed by atoms with van der Waals surface area (Å²) in [5.41, 5.74) is 34.7. The Morgan fingerprint density at radius 3 is 0.471 bits per heavy atom. The zero-order chi connectivity index (χ0) is 99.2. The SMILES string of the molecule is CC(C)c1cc2c(s1)-c1sc(C(C)C)cc1C21c2cc(C(C)C)sc2-c2sc(C(C)C)cc21.CC(C)c1cc2c(s1)-c1sc(C(C)C)cc1[Si]21c2cc(C(C)C)sc2-c2sc(C(C)C)cc21.CC(C)c1ccc2c(c1)C1(c3cc(C(C)C)ccc3-2)c2cc(C(C)C)ccc2-c2ccc(C(C)C)cc21.CC(C)c1ccc2c(c1)[Si]1(c3cc(C(C)C)ccc3-2)c2cc(C(C)C)ccc2-c2ccc(C(C)C)cc21. The Labute approximate surface area is 872 Å². The number of hydrogen-bond acceptors (Lipinski definition) is 8. The summed E-state index contributed by atoms with van der Waals surface area (Å²) in [6, 6.07) is 79.7. The molecule has 0 bridgehead atoms. The Kier molecular flexibility index (Phi) is 25.1. The van der Waals surface area contributed by atoms with Gasteiger partial charge in [0.15, 0.2) is 16.1 Å². The Bertz CT molecular complexity index is 6270. The van der Waals surface area contributed by atoms with E-state index < -0.39 is 16.1 Å². The van der Waals surface area contributed by atoms with Gasteiger partial charge >= 0.3 is 0 Å². The third kappa shape index (κ3) is 14.6. The van der Waals surface area contributed by atoms with Crippen molar-refractivity contribution in [3.63, 3.8) is 0 Å². The molecule has 0 fully saturated rings. The summed E-state index contributed by atoms with van der Waals surface area (Å²) >= 11 is 16.6. The van der Waals surface area contributed by atoms with Crippen molar-refractivity contribution in [2.45, 2.75) is 327 Å². The average molecular weight is 2020 g/mol. The second-order valence-electron chi connectivity index (χ2n) is 47.0. The maximum absolute atomic E-state index is 2.64. The van der Waals surface area contributed by atoms with Crippen molar-refractivity contribution < 1.29 is 0 Å². The lowest BCUT2D eigenvalue weighted by Crippen LogP contribution is -2.71. The molecule has 4 aliphatic carbocycles. The Morgan fingerprint density at radius 1 is 0.143 bits per heavy atom. The van der Waals surface area contributed by atoms with Crippen LogP contribution in [0.2, 0.25) is 0 Å². The van der Waals surface area contributed by atoms with Gasteiger partial charge in [0.1, 0.15) is 0 Å². The minimum absolute atomic E-state index is 0.115. The average Bonchev–Trinajstić information content (AvgIpc) is 1.49. The van der Waals surface area contributed by atoms with Crippen molar-refractivity contribution in [3.8, 4) is 83.5 Å². The summed E-state index contributed by atoms with van der Waals surface area (Å²) in [4.78, 5) is 24.9. The van der Waals surface area contributed by atoms with Crippen molar-refractivity contribution in [2.75, 3.05) is 0 Å². The van der Waals surface area contributed by atoms with Gasteiger partial charge in [-0.3, -0.25) is 0 Å². The molecule has 12 heterocycles. The van der Waals surface area contributed by atoms with Crippen LogP contribution in [0.15, 0.2) is 194 Å². The molecule has 10 heteroatoms. The van der Waals surface area contributed by atoms with Crippen LogP contribution >= 0.6 is 90.7 Å². The van der Waals surface area contributed by atoms with Crippen molar-refractivity contribution in [3.05, 3.63) is 322 Å². The van der Waals surface area contributed by atoms with Crippen molar-refractivity contribution >= 4 is 148 Å². The van der Waals surface area contributed by atoms with Crippen LogP contribution in [0.3, 0.4) is 0 Å². The first-order valence-corrected chi connectivity index (χ1v) is 63.4. The molecule has 140 heavy (non-hydrogen) atoms. The van der Waals surface area contributed by atoms with Gasteiger partial charge in [0.2, 0.25) is 0 Å². The molecule has 24 rings (SSSR count). The maximum atomic E-state index is 2.64. The van der Waals surface area contributed by atoms with E-state index in [4.69, 9.17) is 0 Å². The highest BCUT2D eigenvalue weighted by Gasteiger charge is 2.61. The molecule has 0 amide bonds. The van der Waals surface area contributed by atoms with Crippen LogP contribution in [0.1, 0.15) is 444 Å². The molecule has 0 unspecified atom stereocenters. The van der Waals surface area contributed by atoms with Gasteiger partial charge in [-0.15, -0.1) is 90.7 Å². The van der Waals surface area contributed by atoms with Crippen LogP contribution < -0.4 is 41.5 Å². The summed E-state index contributed by atoms with van der Waals surface area (Å²) in [5.74, 6) is 8.59. The highest BCUT2D eigenvalue weighted by molar-refractivity contribution is 7.39. The zero-order valence-electron chi connectivity index (χ0n) is 89.0. The Balaban J connectivity index is 0.000000111. The summed E-state index contributed by atoms with van der Waals surface area (Å²) in [5, 5.41) is 13.2. The quantitative estimate of drug-likeness (QED) is 0.0846. The molecule has 720 valence electrons.